The van der Waals surface area contributed by atoms with Gasteiger partial charge in [-0.1, -0.05) is 37.2 Å². The van der Waals surface area contributed by atoms with E-state index in [4.69, 9.17) is 25.5 Å². The third-order valence-corrected chi connectivity index (χ3v) is 5.71. The van der Waals surface area contributed by atoms with E-state index < -0.39 is 11.9 Å². The number of ether oxygens (including phenoxy) is 2. The van der Waals surface area contributed by atoms with Gasteiger partial charge in [0.15, 0.2) is 11.5 Å². The van der Waals surface area contributed by atoms with E-state index in [0.29, 0.717) is 16.0 Å². The Hall–Kier alpha value is -3.33. The minimum absolute atomic E-state index is 0.00726. The van der Waals surface area contributed by atoms with Crippen LogP contribution in [0, 0.1) is 11.3 Å². The Labute approximate surface area is 202 Å². The molecule has 12 heteroatoms. The van der Waals surface area contributed by atoms with E-state index in [1.807, 2.05) is 19.9 Å². The molecule has 0 radical (unpaired) electrons. The van der Waals surface area contributed by atoms with Crippen LogP contribution in [0.25, 0.3) is 6.08 Å². The number of nitriles is 1. The Morgan fingerprint density at radius 2 is 2.18 bits per heavy atom. The molecular formula is C21H17ClN4O5S2. The molecule has 33 heavy (non-hydrogen) atoms. The quantitative estimate of drug-likeness (QED) is 0.147. The number of halogens is 1. The summed E-state index contributed by atoms with van der Waals surface area (Å²) in [6.07, 6.45) is 2.66. The van der Waals surface area contributed by atoms with Crippen molar-refractivity contribution in [2.45, 2.75) is 24.3 Å². The second-order valence-corrected chi connectivity index (χ2v) is 9.28. The van der Waals surface area contributed by atoms with Crippen molar-refractivity contribution < 1.29 is 23.5 Å². The van der Waals surface area contributed by atoms with E-state index in [1.165, 1.54) is 49.4 Å². The van der Waals surface area contributed by atoms with E-state index in [2.05, 4.69) is 14.7 Å². The molecular weight excluding hydrogens is 488 g/mol. The number of nitrogens with zero attached hydrogens (tertiary/aromatic N) is 3. The molecule has 0 spiro atoms. The fourth-order valence-corrected chi connectivity index (χ4v) is 4.10. The largest absolute Gasteiger partial charge is 0.493 e. The van der Waals surface area contributed by atoms with Gasteiger partial charge in [0, 0.05) is 16.8 Å². The Bertz CT molecular complexity index is 1230. The molecule has 0 saturated heterocycles. The second kappa shape index (κ2) is 11.0. The smallest absolute Gasteiger partial charge is 0.379 e. The summed E-state index contributed by atoms with van der Waals surface area (Å²) in [5.41, 5.74) is 0.191. The molecule has 0 atom stereocenters. The molecule has 2 heterocycles. The van der Waals surface area contributed by atoms with Crippen molar-refractivity contribution >= 4 is 58.0 Å². The van der Waals surface area contributed by atoms with Crippen LogP contribution in [0.1, 0.15) is 30.0 Å². The summed E-state index contributed by atoms with van der Waals surface area (Å²) >= 11 is 8.76. The second-order valence-electron chi connectivity index (χ2n) is 6.57. The average Bonchev–Trinajstić information content (AvgIpc) is 3.45. The number of methoxy groups -OCH3 is 1. The van der Waals surface area contributed by atoms with Crippen molar-refractivity contribution in [2.75, 3.05) is 12.4 Å². The van der Waals surface area contributed by atoms with Crippen molar-refractivity contribution in [2.24, 2.45) is 0 Å². The van der Waals surface area contributed by atoms with Crippen LogP contribution in [0.3, 0.4) is 0 Å². The number of benzene rings is 1. The lowest BCUT2D eigenvalue weighted by atomic mass is 10.1. The molecule has 9 nitrogen and oxygen atoms in total. The zero-order valence-electron chi connectivity index (χ0n) is 17.6. The van der Waals surface area contributed by atoms with Crippen LogP contribution >= 0.6 is 34.9 Å². The van der Waals surface area contributed by atoms with Gasteiger partial charge in [0.05, 0.1) is 18.4 Å². The number of nitrogens with one attached hydrogen (secondary N) is 1. The molecule has 170 valence electrons. The van der Waals surface area contributed by atoms with E-state index >= 15 is 0 Å². The Morgan fingerprint density at radius 3 is 2.82 bits per heavy atom. The normalized spacial score (nSPS) is 11.2. The number of hydrogen-bond donors (Lipinski definition) is 1. The molecule has 3 aromatic rings. The fourth-order valence-electron chi connectivity index (χ4n) is 2.46. The Kier molecular flexibility index (Phi) is 8.11. The summed E-state index contributed by atoms with van der Waals surface area (Å²) in [7, 11) is 1.36. The highest BCUT2D eigenvalue weighted by Crippen LogP contribution is 2.37. The van der Waals surface area contributed by atoms with E-state index in [0.717, 1.165) is 11.5 Å². The average molecular weight is 505 g/mol. The maximum atomic E-state index is 12.5. The predicted octanol–water partition coefficient (Wildman–Crippen LogP) is 5.06. The Morgan fingerprint density at radius 1 is 1.39 bits per heavy atom. The van der Waals surface area contributed by atoms with Crippen LogP contribution in [0.15, 0.2) is 45.7 Å². The van der Waals surface area contributed by atoms with E-state index in [9.17, 15) is 14.9 Å². The number of hydrogen-bond acceptors (Lipinski definition) is 10. The molecule has 1 aromatic carbocycles. The molecule has 0 fully saturated rings. The third-order valence-electron chi connectivity index (χ3n) is 3.81. The van der Waals surface area contributed by atoms with Gasteiger partial charge in [0.25, 0.3) is 5.91 Å². The molecule has 0 unspecified atom stereocenters. The number of anilines is 1. The minimum atomic E-state index is -0.757. The van der Waals surface area contributed by atoms with Crippen molar-refractivity contribution in [3.63, 3.8) is 0 Å². The van der Waals surface area contributed by atoms with Crippen LogP contribution < -0.4 is 14.8 Å². The van der Waals surface area contributed by atoms with Crippen molar-refractivity contribution in [3.8, 4) is 17.6 Å². The zero-order valence-corrected chi connectivity index (χ0v) is 20.0. The topological polar surface area (TPSA) is 127 Å². The zero-order chi connectivity index (χ0) is 24.0. The third kappa shape index (κ3) is 6.35. The number of thioether (sulfide) groups is 1. The summed E-state index contributed by atoms with van der Waals surface area (Å²) in [6.45, 7) is 4.01. The first-order valence-electron chi connectivity index (χ1n) is 9.37. The molecule has 0 bridgehead atoms. The molecule has 0 aliphatic heterocycles. The van der Waals surface area contributed by atoms with Crippen molar-refractivity contribution in [3.05, 3.63) is 52.4 Å². The van der Waals surface area contributed by atoms with Crippen LogP contribution in [0.5, 0.6) is 11.5 Å². The van der Waals surface area contributed by atoms with Gasteiger partial charge in [0.2, 0.25) is 16.0 Å². The van der Waals surface area contributed by atoms with Crippen LogP contribution in [-0.2, 0) is 4.79 Å². The van der Waals surface area contributed by atoms with Gasteiger partial charge in [-0.25, -0.2) is 4.79 Å². The van der Waals surface area contributed by atoms with Crippen molar-refractivity contribution in [1.82, 2.24) is 9.36 Å². The highest BCUT2D eigenvalue weighted by Gasteiger charge is 2.20. The first-order valence-corrected chi connectivity index (χ1v) is 11.4. The molecule has 0 aliphatic rings. The number of rotatable bonds is 8. The van der Waals surface area contributed by atoms with Gasteiger partial charge >= 0.3 is 5.97 Å². The highest BCUT2D eigenvalue weighted by molar-refractivity contribution is 7.99. The van der Waals surface area contributed by atoms with Gasteiger partial charge in [-0.05, 0) is 35.9 Å². The van der Waals surface area contributed by atoms with Crippen LogP contribution in [0.4, 0.5) is 5.13 Å². The summed E-state index contributed by atoms with van der Waals surface area (Å²) in [5.74, 6) is -1.31. The number of carbonyl (C=O) groups excluding carboxylic acids is 2. The number of carbonyl (C=O) groups is 2. The standard InChI is InChI=1S/C21H17ClN4O5S2/c1-11(2)32-21-25-20(33-26-21)24-18(27)13(10-23)7-12-8-14(22)17(16(9-12)29-3)31-19(28)15-5-4-6-30-15/h4-9,11H,1-3H3,(H,24,25,26,27)/b13-7-. The van der Waals surface area contributed by atoms with Gasteiger partial charge in [-0.3, -0.25) is 10.1 Å². The number of aromatic nitrogens is 2. The molecule has 1 N–H and O–H groups in total. The highest BCUT2D eigenvalue weighted by atomic mass is 35.5. The number of amides is 1. The lowest BCUT2D eigenvalue weighted by molar-refractivity contribution is -0.112. The monoisotopic (exact) mass is 504 g/mol. The predicted molar refractivity (Wildman–Crippen MR) is 125 cm³/mol. The van der Waals surface area contributed by atoms with Crippen LogP contribution in [0.2, 0.25) is 5.02 Å². The number of esters is 1. The van der Waals surface area contributed by atoms with Gasteiger partial charge in [0.1, 0.15) is 11.6 Å². The molecule has 0 aliphatic carbocycles. The van der Waals surface area contributed by atoms with Crippen LogP contribution in [-0.4, -0.2) is 33.6 Å². The van der Waals surface area contributed by atoms with Gasteiger partial charge in [-0.15, -0.1) is 0 Å². The first kappa shape index (κ1) is 24.3. The van der Waals surface area contributed by atoms with Crippen molar-refractivity contribution in [1.29, 1.82) is 5.26 Å². The SMILES string of the molecule is COc1cc(/C=C(/C#N)C(=O)Nc2nc(SC(C)C)ns2)cc(Cl)c1OC(=O)c1ccco1. The molecule has 3 rings (SSSR count). The fraction of sp³-hybridized carbons (Fsp3) is 0.190. The van der Waals surface area contributed by atoms with Gasteiger partial charge in [-0.2, -0.15) is 14.6 Å². The maximum absolute atomic E-state index is 12.5. The summed E-state index contributed by atoms with van der Waals surface area (Å²) in [5, 5.41) is 13.2. The summed E-state index contributed by atoms with van der Waals surface area (Å²) < 4.78 is 19.7. The summed E-state index contributed by atoms with van der Waals surface area (Å²) in [4.78, 5) is 28.9. The summed E-state index contributed by atoms with van der Waals surface area (Å²) in [6, 6.07) is 7.75. The maximum Gasteiger partial charge on any atom is 0.379 e. The van der Waals surface area contributed by atoms with E-state index in [1.54, 1.807) is 6.07 Å². The molecule has 0 saturated carbocycles. The van der Waals surface area contributed by atoms with E-state index in [-0.39, 0.29) is 33.0 Å². The molecule has 2 aromatic heterocycles. The first-order chi connectivity index (χ1) is 15.8. The number of furan rings is 1. The lowest BCUT2D eigenvalue weighted by Crippen LogP contribution is -2.13. The Balaban J connectivity index is 1.80. The lowest BCUT2D eigenvalue weighted by Gasteiger charge is -2.11. The molecule has 1 amide bonds. The van der Waals surface area contributed by atoms with Gasteiger partial charge < -0.3 is 13.9 Å². The minimum Gasteiger partial charge on any atom is -0.493 e.